The lowest BCUT2D eigenvalue weighted by Gasteiger charge is -2.13. The van der Waals surface area contributed by atoms with Crippen LogP contribution < -0.4 is 15.4 Å². The lowest BCUT2D eigenvalue weighted by atomic mass is 10.2. The summed E-state index contributed by atoms with van der Waals surface area (Å²) in [4.78, 5) is 12.5. The number of anilines is 2. The molecule has 0 unspecified atom stereocenters. The maximum atomic E-state index is 12.4. The van der Waals surface area contributed by atoms with Crippen LogP contribution in [0.5, 0.6) is 0 Å². The van der Waals surface area contributed by atoms with E-state index in [4.69, 9.17) is 0 Å². The minimum Gasteiger partial charge on any atom is -0.386 e. The molecule has 3 N–H and O–H groups in total. The van der Waals surface area contributed by atoms with Crippen LogP contribution >= 0.6 is 0 Å². The second-order valence-electron chi connectivity index (χ2n) is 5.04. The van der Waals surface area contributed by atoms with E-state index in [-0.39, 0.29) is 10.8 Å². The van der Waals surface area contributed by atoms with E-state index in [1.807, 2.05) is 13.0 Å². The maximum Gasteiger partial charge on any atom is 0.272 e. The molecule has 0 radical (unpaired) electrons. The van der Waals surface area contributed by atoms with Crippen LogP contribution in [-0.2, 0) is 17.1 Å². The third-order valence-corrected chi connectivity index (χ3v) is 5.11. The first kappa shape index (κ1) is 17.0. The molecule has 0 atom stereocenters. The number of carbonyl (C=O) groups excluding carboxylic acids is 1. The van der Waals surface area contributed by atoms with Gasteiger partial charge in [0.25, 0.3) is 5.91 Å². The average Bonchev–Trinajstić information content (AvgIpc) is 2.87. The quantitative estimate of drug-likeness (QED) is 0.772. The van der Waals surface area contributed by atoms with Gasteiger partial charge in [-0.2, -0.15) is 0 Å². The van der Waals surface area contributed by atoms with Crippen molar-refractivity contribution in [2.45, 2.75) is 11.8 Å². The molecule has 0 fully saturated rings. The number of sulfonamides is 1. The molecule has 2 rings (SSSR count). The molecule has 1 heterocycles. The van der Waals surface area contributed by atoms with E-state index >= 15 is 0 Å². The SMILES string of the molecule is CNc1ccc(S(=O)(=O)NC)cc1NC(=O)c1ccc(C)n1C. The summed E-state index contributed by atoms with van der Waals surface area (Å²) in [5.41, 5.74) is 2.47. The van der Waals surface area contributed by atoms with Gasteiger partial charge in [-0.3, -0.25) is 4.79 Å². The zero-order chi connectivity index (χ0) is 17.2. The summed E-state index contributed by atoms with van der Waals surface area (Å²) < 4.78 is 27.9. The van der Waals surface area contributed by atoms with E-state index in [1.54, 1.807) is 30.8 Å². The minimum absolute atomic E-state index is 0.0809. The van der Waals surface area contributed by atoms with Gasteiger partial charge in [-0.15, -0.1) is 0 Å². The highest BCUT2D eigenvalue weighted by molar-refractivity contribution is 7.89. The summed E-state index contributed by atoms with van der Waals surface area (Å²) in [5.74, 6) is -0.309. The Labute approximate surface area is 135 Å². The second-order valence-corrected chi connectivity index (χ2v) is 6.92. The van der Waals surface area contributed by atoms with E-state index in [1.165, 1.54) is 19.2 Å². The third kappa shape index (κ3) is 3.38. The first-order chi connectivity index (χ1) is 10.8. The van der Waals surface area contributed by atoms with Crippen LogP contribution in [0, 0.1) is 6.92 Å². The molecule has 0 bridgehead atoms. The fourth-order valence-corrected chi connectivity index (χ4v) is 2.91. The molecule has 7 nitrogen and oxygen atoms in total. The Kier molecular flexibility index (Phi) is 4.76. The maximum absolute atomic E-state index is 12.4. The number of hydrogen-bond acceptors (Lipinski definition) is 4. The Hall–Kier alpha value is -2.32. The second kappa shape index (κ2) is 6.43. The summed E-state index contributed by atoms with van der Waals surface area (Å²) in [6, 6.07) is 8.06. The molecule has 23 heavy (non-hydrogen) atoms. The molecule has 0 spiro atoms. The summed E-state index contributed by atoms with van der Waals surface area (Å²) in [6.07, 6.45) is 0. The zero-order valence-corrected chi connectivity index (χ0v) is 14.3. The van der Waals surface area contributed by atoms with E-state index in [2.05, 4.69) is 15.4 Å². The summed E-state index contributed by atoms with van der Waals surface area (Å²) in [6.45, 7) is 1.90. The molecule has 1 amide bonds. The van der Waals surface area contributed by atoms with Crippen molar-refractivity contribution in [1.82, 2.24) is 9.29 Å². The first-order valence-corrected chi connectivity index (χ1v) is 8.47. The van der Waals surface area contributed by atoms with Crippen LogP contribution in [-0.4, -0.2) is 33.0 Å². The highest BCUT2D eigenvalue weighted by Crippen LogP contribution is 2.25. The van der Waals surface area contributed by atoms with Crippen molar-refractivity contribution in [3.05, 3.63) is 41.7 Å². The molecule has 0 aliphatic rings. The molecule has 0 saturated carbocycles. The Morgan fingerprint density at radius 3 is 2.30 bits per heavy atom. The minimum atomic E-state index is -3.58. The molecule has 0 saturated heterocycles. The van der Waals surface area contributed by atoms with Crippen molar-refractivity contribution in [2.24, 2.45) is 7.05 Å². The van der Waals surface area contributed by atoms with E-state index < -0.39 is 10.0 Å². The Bertz CT molecular complexity index is 840. The van der Waals surface area contributed by atoms with E-state index in [0.29, 0.717) is 17.1 Å². The molecule has 0 aliphatic carbocycles. The van der Waals surface area contributed by atoms with Crippen LogP contribution in [0.15, 0.2) is 35.2 Å². The van der Waals surface area contributed by atoms with Crippen LogP contribution in [0.3, 0.4) is 0 Å². The predicted molar refractivity (Wildman–Crippen MR) is 90.3 cm³/mol. The van der Waals surface area contributed by atoms with E-state index in [9.17, 15) is 13.2 Å². The monoisotopic (exact) mass is 336 g/mol. The van der Waals surface area contributed by atoms with Crippen molar-refractivity contribution in [3.8, 4) is 0 Å². The fourth-order valence-electron chi connectivity index (χ4n) is 2.16. The van der Waals surface area contributed by atoms with Crippen molar-refractivity contribution in [2.75, 3.05) is 24.7 Å². The highest BCUT2D eigenvalue weighted by atomic mass is 32.2. The van der Waals surface area contributed by atoms with Gasteiger partial charge >= 0.3 is 0 Å². The van der Waals surface area contributed by atoms with Gasteiger partial charge in [0.15, 0.2) is 0 Å². The van der Waals surface area contributed by atoms with Gasteiger partial charge in [0.1, 0.15) is 5.69 Å². The Balaban J connectivity index is 2.40. The van der Waals surface area contributed by atoms with Gasteiger partial charge in [0.2, 0.25) is 10.0 Å². The van der Waals surface area contributed by atoms with Crippen LogP contribution in [0.1, 0.15) is 16.2 Å². The van der Waals surface area contributed by atoms with Crippen molar-refractivity contribution in [1.29, 1.82) is 0 Å². The lowest BCUT2D eigenvalue weighted by Crippen LogP contribution is -2.20. The van der Waals surface area contributed by atoms with Gasteiger partial charge in [-0.1, -0.05) is 0 Å². The Morgan fingerprint density at radius 1 is 1.09 bits per heavy atom. The normalized spacial score (nSPS) is 11.3. The molecule has 124 valence electrons. The molecule has 1 aromatic heterocycles. The number of rotatable bonds is 5. The number of amides is 1. The van der Waals surface area contributed by atoms with Crippen LogP contribution in [0.4, 0.5) is 11.4 Å². The smallest absolute Gasteiger partial charge is 0.272 e. The molecule has 0 aliphatic heterocycles. The number of carbonyl (C=O) groups is 1. The number of hydrogen-bond donors (Lipinski definition) is 3. The first-order valence-electron chi connectivity index (χ1n) is 6.99. The average molecular weight is 336 g/mol. The summed E-state index contributed by atoms with van der Waals surface area (Å²) >= 11 is 0. The van der Waals surface area contributed by atoms with Gasteiger partial charge in [0.05, 0.1) is 16.3 Å². The van der Waals surface area contributed by atoms with Crippen LogP contribution in [0.2, 0.25) is 0 Å². The largest absolute Gasteiger partial charge is 0.386 e. The number of benzene rings is 1. The molecular weight excluding hydrogens is 316 g/mol. The molecule has 8 heteroatoms. The van der Waals surface area contributed by atoms with Crippen molar-refractivity contribution < 1.29 is 13.2 Å². The molecule has 2 aromatic rings. The van der Waals surface area contributed by atoms with Gasteiger partial charge in [0, 0.05) is 19.8 Å². The van der Waals surface area contributed by atoms with Gasteiger partial charge in [-0.05, 0) is 44.3 Å². The van der Waals surface area contributed by atoms with E-state index in [0.717, 1.165) is 5.69 Å². The fraction of sp³-hybridized carbons (Fsp3) is 0.267. The number of nitrogens with zero attached hydrogens (tertiary/aromatic N) is 1. The molecular formula is C15H20N4O3S. The predicted octanol–water partition coefficient (Wildman–Crippen LogP) is 1.54. The standard InChI is InChI=1S/C15H20N4O3S/c1-10-5-8-14(19(10)4)15(20)18-13-9-11(23(21,22)17-3)6-7-12(13)16-2/h5-9,16-17H,1-4H3,(H,18,20). The van der Waals surface area contributed by atoms with Gasteiger partial charge < -0.3 is 15.2 Å². The number of aryl methyl sites for hydroxylation is 1. The van der Waals surface area contributed by atoms with Gasteiger partial charge in [-0.25, -0.2) is 13.1 Å². The van der Waals surface area contributed by atoms with Crippen molar-refractivity contribution in [3.63, 3.8) is 0 Å². The topological polar surface area (TPSA) is 92.2 Å². The van der Waals surface area contributed by atoms with Crippen LogP contribution in [0.25, 0.3) is 0 Å². The third-order valence-electron chi connectivity index (χ3n) is 3.69. The lowest BCUT2D eigenvalue weighted by molar-refractivity contribution is 0.101. The summed E-state index contributed by atoms with van der Waals surface area (Å²) in [5, 5.41) is 5.69. The zero-order valence-electron chi connectivity index (χ0n) is 13.5. The Morgan fingerprint density at radius 2 is 1.78 bits per heavy atom. The molecule has 1 aromatic carbocycles. The van der Waals surface area contributed by atoms with Crippen molar-refractivity contribution >= 4 is 27.3 Å². The highest BCUT2D eigenvalue weighted by Gasteiger charge is 2.17. The number of aromatic nitrogens is 1. The summed E-state index contributed by atoms with van der Waals surface area (Å²) in [7, 11) is 1.25. The number of nitrogens with one attached hydrogen (secondary N) is 3.